The molecule has 0 heterocycles. The first-order valence-electron chi connectivity index (χ1n) is 5.91. The topological polar surface area (TPSA) is 21.3 Å². The number of hydrogen-bond acceptors (Lipinski definition) is 2. The van der Waals surface area contributed by atoms with Crippen molar-refractivity contribution < 1.29 is 4.74 Å². The van der Waals surface area contributed by atoms with Crippen LogP contribution in [0.5, 0.6) is 5.75 Å². The molecular weight excluding hydrogens is 337 g/mol. The Bertz CT molecular complexity index is 350. The molecule has 0 aliphatic carbocycles. The highest BCUT2D eigenvalue weighted by atomic mass is 79.9. The van der Waals surface area contributed by atoms with E-state index in [0.717, 1.165) is 23.2 Å². The van der Waals surface area contributed by atoms with Gasteiger partial charge < -0.3 is 10.1 Å². The van der Waals surface area contributed by atoms with Gasteiger partial charge >= 0.3 is 0 Å². The molecule has 5 heteroatoms. The smallest absolute Gasteiger partial charge is 0.120 e. The lowest BCUT2D eigenvalue weighted by atomic mass is 10.0. The highest BCUT2D eigenvalue weighted by Crippen LogP contribution is 2.18. The van der Waals surface area contributed by atoms with E-state index in [9.17, 15) is 0 Å². The Morgan fingerprint density at radius 3 is 2.61 bits per heavy atom. The average molecular weight is 355 g/mol. The summed E-state index contributed by atoms with van der Waals surface area (Å²) in [5, 5.41) is 3.37. The van der Waals surface area contributed by atoms with Crippen LogP contribution in [-0.4, -0.2) is 30.5 Å². The second-order valence-corrected chi connectivity index (χ2v) is 5.58. The molecule has 0 amide bonds. The molecule has 102 valence electrons. The fourth-order valence-electron chi connectivity index (χ4n) is 1.49. The van der Waals surface area contributed by atoms with Crippen molar-refractivity contribution in [3.63, 3.8) is 0 Å². The molecule has 0 atom stereocenters. The Labute approximate surface area is 127 Å². The molecule has 0 saturated carbocycles. The van der Waals surface area contributed by atoms with Crippen LogP contribution in [0.3, 0.4) is 0 Å². The molecule has 0 fully saturated rings. The maximum Gasteiger partial charge on any atom is 0.120 e. The van der Waals surface area contributed by atoms with E-state index >= 15 is 0 Å². The molecule has 0 aliphatic heterocycles. The molecule has 1 aromatic carbocycles. The largest absolute Gasteiger partial charge is 0.492 e. The standard InChI is InChI=1S/C13H18BrCl2NO/c1-2-13(9-15,10-16)17-6-7-18-12-5-3-4-11(14)8-12/h3-5,8,17H,2,6-7,9-10H2,1H3. The maximum absolute atomic E-state index is 5.95. The van der Waals surface area contributed by atoms with Crippen LogP contribution in [-0.2, 0) is 0 Å². The van der Waals surface area contributed by atoms with Crippen LogP contribution in [0.25, 0.3) is 0 Å². The van der Waals surface area contributed by atoms with Crippen molar-refractivity contribution in [1.82, 2.24) is 5.32 Å². The highest BCUT2D eigenvalue weighted by Gasteiger charge is 2.24. The number of rotatable bonds is 8. The van der Waals surface area contributed by atoms with Crippen LogP contribution >= 0.6 is 39.1 Å². The zero-order valence-electron chi connectivity index (χ0n) is 10.4. The minimum atomic E-state index is -0.191. The molecule has 0 aliphatic rings. The second-order valence-electron chi connectivity index (χ2n) is 4.13. The van der Waals surface area contributed by atoms with E-state index < -0.39 is 0 Å². The SMILES string of the molecule is CCC(CCl)(CCl)NCCOc1cccc(Br)c1. The molecule has 1 aromatic rings. The van der Waals surface area contributed by atoms with Crippen LogP contribution in [0.1, 0.15) is 13.3 Å². The zero-order chi connectivity index (χ0) is 13.4. The monoisotopic (exact) mass is 353 g/mol. The summed E-state index contributed by atoms with van der Waals surface area (Å²) in [7, 11) is 0. The third-order valence-electron chi connectivity index (χ3n) is 2.86. The number of nitrogens with one attached hydrogen (secondary N) is 1. The van der Waals surface area contributed by atoms with Crippen molar-refractivity contribution in [1.29, 1.82) is 0 Å². The predicted molar refractivity (Wildman–Crippen MR) is 82.1 cm³/mol. The van der Waals surface area contributed by atoms with Gasteiger partial charge in [0.25, 0.3) is 0 Å². The van der Waals surface area contributed by atoms with Crippen LogP contribution in [0.2, 0.25) is 0 Å². The molecular formula is C13H18BrCl2NO. The predicted octanol–water partition coefficient (Wildman–Crippen LogP) is 4.04. The molecule has 1 rings (SSSR count). The molecule has 2 nitrogen and oxygen atoms in total. The Kier molecular flexibility index (Phi) is 7.38. The van der Waals surface area contributed by atoms with Crippen molar-refractivity contribution >= 4 is 39.1 Å². The summed E-state index contributed by atoms with van der Waals surface area (Å²) in [4.78, 5) is 0. The minimum Gasteiger partial charge on any atom is -0.492 e. The first kappa shape index (κ1) is 16.1. The third-order valence-corrected chi connectivity index (χ3v) is 4.37. The molecule has 1 N–H and O–H groups in total. The Hall–Kier alpha value is 0.0400. The highest BCUT2D eigenvalue weighted by molar-refractivity contribution is 9.10. The van der Waals surface area contributed by atoms with Gasteiger partial charge in [0.1, 0.15) is 12.4 Å². The van der Waals surface area contributed by atoms with E-state index in [2.05, 4.69) is 28.2 Å². The fourth-order valence-corrected chi connectivity index (χ4v) is 2.72. The van der Waals surface area contributed by atoms with Gasteiger partial charge in [0, 0.05) is 28.3 Å². The molecule has 0 spiro atoms. The molecule has 0 unspecified atom stereocenters. The van der Waals surface area contributed by atoms with Crippen molar-refractivity contribution in [2.45, 2.75) is 18.9 Å². The lowest BCUT2D eigenvalue weighted by Crippen LogP contribution is -2.49. The number of hydrogen-bond donors (Lipinski definition) is 1. The van der Waals surface area contributed by atoms with Gasteiger partial charge in [0.2, 0.25) is 0 Å². The third kappa shape index (κ3) is 4.96. The van der Waals surface area contributed by atoms with Gasteiger partial charge in [-0.3, -0.25) is 0 Å². The molecule has 0 bridgehead atoms. The van der Waals surface area contributed by atoms with Gasteiger partial charge in [-0.05, 0) is 24.6 Å². The van der Waals surface area contributed by atoms with Crippen LogP contribution in [0.4, 0.5) is 0 Å². The summed E-state index contributed by atoms with van der Waals surface area (Å²) in [6, 6.07) is 7.78. The maximum atomic E-state index is 5.95. The first-order chi connectivity index (χ1) is 8.65. The normalized spacial score (nSPS) is 11.6. The molecule has 0 saturated heterocycles. The molecule has 0 aromatic heterocycles. The van der Waals surface area contributed by atoms with Crippen LogP contribution in [0.15, 0.2) is 28.7 Å². The van der Waals surface area contributed by atoms with Gasteiger partial charge in [-0.1, -0.05) is 28.9 Å². The van der Waals surface area contributed by atoms with Gasteiger partial charge in [-0.15, -0.1) is 23.2 Å². The second kappa shape index (κ2) is 8.26. The quantitative estimate of drug-likeness (QED) is 0.561. The van der Waals surface area contributed by atoms with Gasteiger partial charge in [-0.25, -0.2) is 0 Å². The van der Waals surface area contributed by atoms with Gasteiger partial charge in [0.05, 0.1) is 0 Å². The summed E-state index contributed by atoms with van der Waals surface area (Å²) in [5.41, 5.74) is -0.191. The summed E-state index contributed by atoms with van der Waals surface area (Å²) in [5.74, 6) is 1.86. The van der Waals surface area contributed by atoms with Gasteiger partial charge in [-0.2, -0.15) is 0 Å². The number of halogens is 3. The van der Waals surface area contributed by atoms with Crippen LogP contribution < -0.4 is 10.1 Å². The van der Waals surface area contributed by atoms with E-state index in [1.165, 1.54) is 0 Å². The Morgan fingerprint density at radius 1 is 1.33 bits per heavy atom. The van der Waals surface area contributed by atoms with E-state index in [-0.39, 0.29) is 5.54 Å². The van der Waals surface area contributed by atoms with Crippen LogP contribution in [0, 0.1) is 0 Å². The van der Waals surface area contributed by atoms with Crippen molar-refractivity contribution in [2.75, 3.05) is 24.9 Å². The number of benzene rings is 1. The van der Waals surface area contributed by atoms with Crippen molar-refractivity contribution in [2.24, 2.45) is 0 Å². The summed E-state index contributed by atoms with van der Waals surface area (Å²) in [6.45, 7) is 3.39. The Morgan fingerprint density at radius 2 is 2.06 bits per heavy atom. The minimum absolute atomic E-state index is 0.191. The lowest BCUT2D eigenvalue weighted by molar-refractivity contribution is 0.283. The first-order valence-corrected chi connectivity index (χ1v) is 7.77. The lowest BCUT2D eigenvalue weighted by Gasteiger charge is -2.29. The molecule has 18 heavy (non-hydrogen) atoms. The van der Waals surface area contributed by atoms with Gasteiger partial charge in [0.15, 0.2) is 0 Å². The molecule has 0 radical (unpaired) electrons. The van der Waals surface area contributed by atoms with Crippen molar-refractivity contribution in [3.8, 4) is 5.75 Å². The van der Waals surface area contributed by atoms with E-state index in [1.807, 2.05) is 24.3 Å². The average Bonchev–Trinajstić information content (AvgIpc) is 2.40. The number of ether oxygens (including phenoxy) is 1. The summed E-state index contributed by atoms with van der Waals surface area (Å²) in [6.07, 6.45) is 0.900. The number of alkyl halides is 2. The zero-order valence-corrected chi connectivity index (χ0v) is 13.5. The van der Waals surface area contributed by atoms with Crippen molar-refractivity contribution in [3.05, 3.63) is 28.7 Å². The van der Waals surface area contributed by atoms with E-state index in [0.29, 0.717) is 18.4 Å². The van der Waals surface area contributed by atoms with E-state index in [1.54, 1.807) is 0 Å². The Balaban J connectivity index is 2.34. The summed E-state index contributed by atoms with van der Waals surface area (Å²) < 4.78 is 6.65. The fraction of sp³-hybridized carbons (Fsp3) is 0.538. The van der Waals surface area contributed by atoms with E-state index in [4.69, 9.17) is 27.9 Å². The summed E-state index contributed by atoms with van der Waals surface area (Å²) >= 11 is 15.3.